The van der Waals surface area contributed by atoms with Crippen molar-refractivity contribution in [3.63, 3.8) is 0 Å². The van der Waals surface area contributed by atoms with Gasteiger partial charge in [0.05, 0.1) is 22.4 Å². The predicted molar refractivity (Wildman–Crippen MR) is 90.5 cm³/mol. The molecule has 0 spiro atoms. The number of fused-ring (bicyclic) bond motifs is 1. The molecule has 0 saturated heterocycles. The molecule has 3 heterocycles. The van der Waals surface area contributed by atoms with Crippen LogP contribution in [0.4, 0.5) is 0 Å². The molecule has 2 aromatic heterocycles. The van der Waals surface area contributed by atoms with Gasteiger partial charge in [-0.05, 0) is 53.6 Å². The summed E-state index contributed by atoms with van der Waals surface area (Å²) in [6.07, 6.45) is 3.03. The lowest BCUT2D eigenvalue weighted by Gasteiger charge is -2.16. The van der Waals surface area contributed by atoms with Crippen molar-refractivity contribution in [2.45, 2.75) is 38.1 Å². The highest BCUT2D eigenvalue weighted by Gasteiger charge is 2.23. The summed E-state index contributed by atoms with van der Waals surface area (Å²) in [6.45, 7) is 4.26. The number of nitrogens with zero attached hydrogens (tertiary/aromatic N) is 2. The number of aryl methyl sites for hydroxylation is 1. The van der Waals surface area contributed by atoms with Crippen LogP contribution in [0, 0.1) is 0 Å². The summed E-state index contributed by atoms with van der Waals surface area (Å²) in [4.78, 5) is 2.77. The van der Waals surface area contributed by atoms with E-state index in [1.54, 1.807) is 0 Å². The summed E-state index contributed by atoms with van der Waals surface area (Å²) in [6, 6.07) is 2.50. The maximum Gasteiger partial charge on any atom is 0.0828 e. The van der Waals surface area contributed by atoms with E-state index in [2.05, 4.69) is 40.9 Å². The number of nitrogens with two attached hydrogens (primary N) is 1. The summed E-state index contributed by atoms with van der Waals surface area (Å²) in [7, 11) is 0. The molecule has 1 aliphatic heterocycles. The summed E-state index contributed by atoms with van der Waals surface area (Å²) >= 11 is 7.47. The Labute approximate surface area is 136 Å². The Bertz CT molecular complexity index is 594. The molecule has 0 saturated carbocycles. The topological polar surface area (TPSA) is 43.8 Å². The summed E-state index contributed by atoms with van der Waals surface area (Å²) < 4.78 is 3.02. The van der Waals surface area contributed by atoms with Crippen molar-refractivity contribution >= 4 is 39.0 Å². The van der Waals surface area contributed by atoms with E-state index in [0.29, 0.717) is 6.04 Å². The first-order valence-electron chi connectivity index (χ1n) is 6.75. The normalized spacial score (nSPS) is 16.4. The smallest absolute Gasteiger partial charge is 0.0828 e. The van der Waals surface area contributed by atoms with Crippen molar-refractivity contribution in [2.24, 2.45) is 5.73 Å². The molecule has 20 heavy (non-hydrogen) atoms. The Morgan fingerprint density at radius 3 is 2.95 bits per heavy atom. The Hall–Kier alpha value is -0.300. The molecule has 3 rings (SSSR count). The van der Waals surface area contributed by atoms with Gasteiger partial charge in [-0.1, -0.05) is 0 Å². The van der Waals surface area contributed by atoms with Crippen LogP contribution < -0.4 is 5.73 Å². The van der Waals surface area contributed by atoms with Crippen LogP contribution >= 0.6 is 39.0 Å². The predicted octanol–water partition coefficient (Wildman–Crippen LogP) is 4.13. The van der Waals surface area contributed by atoms with Gasteiger partial charge >= 0.3 is 0 Å². The fourth-order valence-electron chi connectivity index (χ4n) is 2.51. The lowest BCUT2D eigenvalue weighted by atomic mass is 10.1. The van der Waals surface area contributed by atoms with Gasteiger partial charge in [-0.15, -0.1) is 11.3 Å². The SMILES string of the molecule is CC(C)n1ncc(Br)c1C(N)c1cc2c(s1)CCSC2. The van der Waals surface area contributed by atoms with Crippen LogP contribution in [-0.4, -0.2) is 15.5 Å². The fourth-order valence-corrected chi connectivity index (χ4v) is 5.41. The number of thioether (sulfide) groups is 1. The molecule has 6 heteroatoms. The molecule has 1 atom stereocenters. The third-order valence-corrected chi connectivity index (χ3v) is 6.46. The first-order valence-corrected chi connectivity index (χ1v) is 9.52. The molecule has 0 amide bonds. The molecule has 0 radical (unpaired) electrons. The van der Waals surface area contributed by atoms with Gasteiger partial charge < -0.3 is 5.73 Å². The molecule has 2 N–H and O–H groups in total. The van der Waals surface area contributed by atoms with Gasteiger partial charge in [0.15, 0.2) is 0 Å². The zero-order chi connectivity index (χ0) is 14.3. The quantitative estimate of drug-likeness (QED) is 0.881. The van der Waals surface area contributed by atoms with E-state index in [4.69, 9.17) is 5.73 Å². The molecule has 3 nitrogen and oxygen atoms in total. The van der Waals surface area contributed by atoms with Crippen LogP contribution in [0.5, 0.6) is 0 Å². The molecule has 0 bridgehead atoms. The summed E-state index contributed by atoms with van der Waals surface area (Å²) in [5.74, 6) is 2.36. The highest BCUT2D eigenvalue weighted by molar-refractivity contribution is 9.10. The van der Waals surface area contributed by atoms with E-state index < -0.39 is 0 Å². The zero-order valence-electron chi connectivity index (χ0n) is 11.6. The molecular weight excluding hydrogens is 354 g/mol. The number of rotatable bonds is 3. The molecule has 1 aliphatic rings. The van der Waals surface area contributed by atoms with Crippen molar-refractivity contribution in [1.82, 2.24) is 9.78 Å². The van der Waals surface area contributed by atoms with Gasteiger partial charge in [-0.25, -0.2) is 0 Å². The number of halogens is 1. The van der Waals surface area contributed by atoms with E-state index in [1.807, 2.05) is 34.0 Å². The van der Waals surface area contributed by atoms with Crippen LogP contribution in [0.25, 0.3) is 0 Å². The minimum Gasteiger partial charge on any atom is -0.318 e. The standard InChI is InChI=1S/C14H18BrN3S2/c1-8(2)18-14(10(15)6-17-18)13(16)12-5-9-7-19-4-3-11(9)20-12/h5-6,8,13H,3-4,7,16H2,1-2H3. The van der Waals surface area contributed by atoms with E-state index in [0.717, 1.165) is 15.9 Å². The zero-order valence-corrected chi connectivity index (χ0v) is 14.8. The highest BCUT2D eigenvalue weighted by atomic mass is 79.9. The van der Waals surface area contributed by atoms with E-state index in [9.17, 15) is 0 Å². The molecule has 0 aromatic carbocycles. The Kier molecular flexibility index (Phi) is 4.26. The molecule has 108 valence electrons. The monoisotopic (exact) mass is 371 g/mol. The van der Waals surface area contributed by atoms with Crippen LogP contribution in [0.3, 0.4) is 0 Å². The number of hydrogen-bond donors (Lipinski definition) is 1. The fraction of sp³-hybridized carbons (Fsp3) is 0.500. The van der Waals surface area contributed by atoms with Crippen molar-refractivity contribution in [1.29, 1.82) is 0 Å². The Morgan fingerprint density at radius 2 is 2.25 bits per heavy atom. The second-order valence-corrected chi connectivity index (χ2v) is 8.42. The third kappa shape index (κ3) is 2.58. The van der Waals surface area contributed by atoms with Gasteiger partial charge in [0.2, 0.25) is 0 Å². The highest BCUT2D eigenvalue weighted by Crippen LogP contribution is 2.37. The van der Waals surface area contributed by atoms with Gasteiger partial charge in [0.25, 0.3) is 0 Å². The van der Waals surface area contributed by atoms with Crippen LogP contribution in [0.15, 0.2) is 16.7 Å². The average Bonchev–Trinajstić information content (AvgIpc) is 3.01. The lowest BCUT2D eigenvalue weighted by Crippen LogP contribution is -2.18. The van der Waals surface area contributed by atoms with E-state index in [1.165, 1.54) is 27.5 Å². The molecule has 2 aromatic rings. The van der Waals surface area contributed by atoms with Crippen LogP contribution in [0.1, 0.15) is 46.9 Å². The summed E-state index contributed by atoms with van der Waals surface area (Å²) in [5, 5.41) is 4.43. The average molecular weight is 372 g/mol. The lowest BCUT2D eigenvalue weighted by molar-refractivity contribution is 0.499. The Balaban J connectivity index is 1.98. The van der Waals surface area contributed by atoms with Crippen molar-refractivity contribution < 1.29 is 0 Å². The number of hydrogen-bond acceptors (Lipinski definition) is 4. The van der Waals surface area contributed by atoms with Gasteiger partial charge in [-0.2, -0.15) is 16.9 Å². The third-order valence-electron chi connectivity index (χ3n) is 3.52. The van der Waals surface area contributed by atoms with Gasteiger partial charge in [-0.3, -0.25) is 4.68 Å². The molecule has 0 aliphatic carbocycles. The Morgan fingerprint density at radius 1 is 1.45 bits per heavy atom. The maximum absolute atomic E-state index is 6.53. The number of aromatic nitrogens is 2. The maximum atomic E-state index is 6.53. The second-order valence-electron chi connectivity index (χ2n) is 5.29. The van der Waals surface area contributed by atoms with Gasteiger partial charge in [0.1, 0.15) is 0 Å². The number of thiophene rings is 1. The minimum atomic E-state index is -0.102. The second kappa shape index (κ2) is 5.83. The molecule has 1 unspecified atom stereocenters. The van der Waals surface area contributed by atoms with Crippen molar-refractivity contribution in [3.05, 3.63) is 37.7 Å². The largest absolute Gasteiger partial charge is 0.318 e. The van der Waals surface area contributed by atoms with E-state index >= 15 is 0 Å². The van der Waals surface area contributed by atoms with Crippen molar-refractivity contribution in [2.75, 3.05) is 5.75 Å². The van der Waals surface area contributed by atoms with Crippen LogP contribution in [0.2, 0.25) is 0 Å². The first kappa shape index (κ1) is 14.6. The first-order chi connectivity index (χ1) is 9.58. The van der Waals surface area contributed by atoms with E-state index in [-0.39, 0.29) is 6.04 Å². The minimum absolute atomic E-state index is 0.102. The van der Waals surface area contributed by atoms with Gasteiger partial charge in [0, 0.05) is 21.5 Å². The van der Waals surface area contributed by atoms with Crippen LogP contribution in [-0.2, 0) is 12.2 Å². The summed E-state index contributed by atoms with van der Waals surface area (Å²) in [5.41, 5.74) is 9.08. The molecular formula is C14H18BrN3S2. The van der Waals surface area contributed by atoms with Crippen molar-refractivity contribution in [3.8, 4) is 0 Å². The molecule has 0 fully saturated rings.